The van der Waals surface area contributed by atoms with Crippen LogP contribution in [0.5, 0.6) is 0 Å². The second kappa shape index (κ2) is 2.86. The average Bonchev–Trinajstić information content (AvgIpc) is 1.84. The molecule has 0 amide bonds. The maximum atomic E-state index is 5.89. The third-order valence-electron chi connectivity index (χ3n) is 1.72. The van der Waals surface area contributed by atoms with Gasteiger partial charge >= 0.3 is 0 Å². The minimum Gasteiger partial charge on any atom is -0.349 e. The summed E-state index contributed by atoms with van der Waals surface area (Å²) < 4.78 is 9.25. The van der Waals surface area contributed by atoms with E-state index in [4.69, 9.17) is 32.7 Å². The van der Waals surface area contributed by atoms with E-state index in [-0.39, 0.29) is 19.0 Å². The first kappa shape index (κ1) is 8.60. The molecule has 1 heterocycles. The van der Waals surface area contributed by atoms with Gasteiger partial charge in [-0.15, -0.1) is 0 Å². The van der Waals surface area contributed by atoms with E-state index in [9.17, 15) is 0 Å². The van der Waals surface area contributed by atoms with Crippen LogP contribution in [0.25, 0.3) is 0 Å². The monoisotopic (exact) mass is 184 g/mol. The van der Waals surface area contributed by atoms with Crippen LogP contribution in [0.2, 0.25) is 0 Å². The third-order valence-corrected chi connectivity index (χ3v) is 2.95. The van der Waals surface area contributed by atoms with Crippen molar-refractivity contribution in [3.05, 3.63) is 0 Å². The van der Waals surface area contributed by atoms with Crippen LogP contribution < -0.4 is 0 Å². The Morgan fingerprint density at radius 3 is 1.90 bits per heavy atom. The van der Waals surface area contributed by atoms with Gasteiger partial charge in [-0.3, -0.25) is 0 Å². The molecule has 0 aromatic carbocycles. The molecule has 60 valence electrons. The van der Waals surface area contributed by atoms with Crippen LogP contribution in [0.4, 0.5) is 0 Å². The van der Waals surface area contributed by atoms with Crippen molar-refractivity contribution >= 4 is 23.2 Å². The van der Waals surface area contributed by atoms with Gasteiger partial charge in [0.25, 0.3) is 0 Å². The number of halogens is 2. The molecule has 0 radical (unpaired) electrons. The topological polar surface area (TPSA) is 18.5 Å². The number of alkyl halides is 2. The maximum Gasteiger partial charge on any atom is 0.169 e. The number of rotatable bonds is 0. The van der Waals surface area contributed by atoms with Crippen LogP contribution >= 0.6 is 23.2 Å². The van der Waals surface area contributed by atoms with Crippen LogP contribution in [0.1, 0.15) is 13.8 Å². The molecule has 1 aliphatic heterocycles. The molecule has 0 bridgehead atoms. The predicted molar refractivity (Wildman–Crippen MR) is 40.4 cm³/mol. The van der Waals surface area contributed by atoms with Gasteiger partial charge in [0, 0.05) is 0 Å². The van der Waals surface area contributed by atoms with Crippen LogP contribution in [-0.2, 0) is 9.47 Å². The highest BCUT2D eigenvalue weighted by Crippen LogP contribution is 2.35. The van der Waals surface area contributed by atoms with Gasteiger partial charge < -0.3 is 9.47 Å². The lowest BCUT2D eigenvalue weighted by Gasteiger charge is -2.36. The smallest absolute Gasteiger partial charge is 0.169 e. The predicted octanol–water partition coefficient (Wildman–Crippen LogP) is 1.94. The molecule has 0 aromatic heterocycles. The number of ether oxygens (including phenoxy) is 2. The molecule has 1 fully saturated rings. The van der Waals surface area contributed by atoms with E-state index in [1.807, 2.05) is 13.8 Å². The molecule has 0 saturated carbocycles. The van der Waals surface area contributed by atoms with Crippen molar-refractivity contribution in [3.63, 3.8) is 0 Å². The highest BCUT2D eigenvalue weighted by molar-refractivity contribution is 6.49. The van der Waals surface area contributed by atoms with Gasteiger partial charge in [-0.05, 0) is 13.8 Å². The Kier molecular flexibility index (Phi) is 2.46. The maximum absolute atomic E-state index is 5.89. The van der Waals surface area contributed by atoms with Crippen molar-refractivity contribution in [2.75, 3.05) is 6.79 Å². The zero-order valence-corrected chi connectivity index (χ0v) is 7.45. The number of hydrogen-bond donors (Lipinski definition) is 0. The van der Waals surface area contributed by atoms with E-state index >= 15 is 0 Å². The van der Waals surface area contributed by atoms with E-state index in [0.717, 1.165) is 0 Å². The first-order valence-corrected chi connectivity index (χ1v) is 3.91. The van der Waals surface area contributed by atoms with Gasteiger partial charge in [0.1, 0.15) is 6.79 Å². The SMILES string of the molecule is C[C@@H]1OCO[C@@H](C)C1(Cl)Cl. The number of hydrogen-bond acceptors (Lipinski definition) is 2. The molecule has 1 rings (SSSR count). The van der Waals surface area contributed by atoms with E-state index in [1.54, 1.807) is 0 Å². The summed E-state index contributed by atoms with van der Waals surface area (Å²) in [4.78, 5) is 0. The van der Waals surface area contributed by atoms with Crippen molar-refractivity contribution in [1.29, 1.82) is 0 Å². The summed E-state index contributed by atoms with van der Waals surface area (Å²) in [6, 6.07) is 0. The molecule has 0 aliphatic carbocycles. The molecular weight excluding hydrogens is 175 g/mol. The van der Waals surface area contributed by atoms with Crippen molar-refractivity contribution in [2.45, 2.75) is 30.4 Å². The van der Waals surface area contributed by atoms with Gasteiger partial charge in [0.15, 0.2) is 4.33 Å². The van der Waals surface area contributed by atoms with E-state index in [0.29, 0.717) is 0 Å². The minimum absolute atomic E-state index is 0.167. The Hall–Kier alpha value is 0.500. The molecule has 0 spiro atoms. The molecule has 2 nitrogen and oxygen atoms in total. The van der Waals surface area contributed by atoms with Gasteiger partial charge in [0.2, 0.25) is 0 Å². The first-order valence-electron chi connectivity index (χ1n) is 3.16. The van der Waals surface area contributed by atoms with Crippen molar-refractivity contribution in [3.8, 4) is 0 Å². The molecule has 1 saturated heterocycles. The van der Waals surface area contributed by atoms with Crippen LogP contribution in [0.15, 0.2) is 0 Å². The second-order valence-corrected chi connectivity index (χ2v) is 3.85. The summed E-state index contributed by atoms with van der Waals surface area (Å²) in [5.74, 6) is 0. The largest absolute Gasteiger partial charge is 0.349 e. The molecule has 10 heavy (non-hydrogen) atoms. The molecule has 4 heteroatoms. The van der Waals surface area contributed by atoms with Crippen molar-refractivity contribution < 1.29 is 9.47 Å². The van der Waals surface area contributed by atoms with Gasteiger partial charge in [0.05, 0.1) is 12.2 Å². The van der Waals surface area contributed by atoms with E-state index < -0.39 is 4.33 Å². The first-order chi connectivity index (χ1) is 4.55. The fourth-order valence-electron chi connectivity index (χ4n) is 0.796. The molecule has 2 atom stereocenters. The summed E-state index contributed by atoms with van der Waals surface area (Å²) in [6.07, 6.45) is -0.334. The second-order valence-electron chi connectivity index (χ2n) is 2.41. The van der Waals surface area contributed by atoms with E-state index in [2.05, 4.69) is 0 Å². The molecule has 0 N–H and O–H groups in total. The van der Waals surface area contributed by atoms with Crippen LogP contribution in [0.3, 0.4) is 0 Å². The summed E-state index contributed by atoms with van der Waals surface area (Å²) in [7, 11) is 0. The van der Waals surface area contributed by atoms with Crippen LogP contribution in [-0.4, -0.2) is 23.3 Å². The summed E-state index contributed by atoms with van der Waals surface area (Å²) in [5, 5.41) is 0. The summed E-state index contributed by atoms with van der Waals surface area (Å²) in [5.41, 5.74) is 0. The Morgan fingerprint density at radius 1 is 1.20 bits per heavy atom. The minimum atomic E-state index is -0.905. The zero-order valence-electron chi connectivity index (χ0n) is 5.93. The average molecular weight is 185 g/mol. The quantitative estimate of drug-likeness (QED) is 0.537. The Morgan fingerprint density at radius 2 is 1.60 bits per heavy atom. The Balaban J connectivity index is 2.63. The lowest BCUT2D eigenvalue weighted by molar-refractivity contribution is -0.170. The van der Waals surface area contributed by atoms with Gasteiger partial charge in [-0.25, -0.2) is 0 Å². The third kappa shape index (κ3) is 1.40. The Bertz CT molecular complexity index is 115. The van der Waals surface area contributed by atoms with Gasteiger partial charge in [-0.2, -0.15) is 0 Å². The molecule has 0 aromatic rings. The standard InChI is InChI=1S/C6H10Cl2O2/c1-4-6(7,8)5(2)10-3-9-4/h4-5H,3H2,1-2H3/t4-,5-/m0/s1. The Labute approximate surface area is 70.4 Å². The molecule has 1 aliphatic rings. The normalized spacial score (nSPS) is 39.6. The molecule has 0 unspecified atom stereocenters. The fourth-order valence-corrected chi connectivity index (χ4v) is 1.05. The van der Waals surface area contributed by atoms with Crippen molar-refractivity contribution in [2.24, 2.45) is 0 Å². The zero-order chi connectivity index (χ0) is 7.78. The van der Waals surface area contributed by atoms with E-state index in [1.165, 1.54) is 0 Å². The lowest BCUT2D eigenvalue weighted by Crippen LogP contribution is -2.47. The lowest BCUT2D eigenvalue weighted by atomic mass is 10.1. The highest BCUT2D eigenvalue weighted by atomic mass is 35.5. The summed E-state index contributed by atoms with van der Waals surface area (Å²) >= 11 is 11.8. The van der Waals surface area contributed by atoms with Crippen LogP contribution in [0, 0.1) is 0 Å². The molecular formula is C6H10Cl2O2. The highest BCUT2D eigenvalue weighted by Gasteiger charge is 2.42. The fraction of sp³-hybridized carbons (Fsp3) is 1.00. The summed E-state index contributed by atoms with van der Waals surface area (Å²) in [6.45, 7) is 3.95. The van der Waals surface area contributed by atoms with Crippen molar-refractivity contribution in [1.82, 2.24) is 0 Å². The van der Waals surface area contributed by atoms with Gasteiger partial charge in [-0.1, -0.05) is 23.2 Å².